The molecule has 1 aliphatic heterocycles. The minimum absolute atomic E-state index is 0.0925. The molecule has 3 rings (SSSR count). The second-order valence-electron chi connectivity index (χ2n) is 4.37. The van der Waals surface area contributed by atoms with Gasteiger partial charge in [-0.2, -0.15) is 0 Å². The number of carbonyl (C=O) groups is 1. The van der Waals surface area contributed by atoms with Crippen LogP contribution >= 0.6 is 11.5 Å². The first-order valence-electron chi connectivity index (χ1n) is 6.06. The Morgan fingerprint density at radius 2 is 2.39 bits per heavy atom. The molecule has 1 aliphatic rings. The first kappa shape index (κ1) is 11.4. The summed E-state index contributed by atoms with van der Waals surface area (Å²) >= 11 is 1.39. The zero-order chi connectivity index (χ0) is 12.4. The van der Waals surface area contributed by atoms with Crippen LogP contribution in [0.25, 0.3) is 11.4 Å². The summed E-state index contributed by atoms with van der Waals surface area (Å²) in [7, 11) is 0. The highest BCUT2D eigenvalue weighted by molar-refractivity contribution is 7.03. The molecule has 2 aromatic heterocycles. The number of hydrogen-bond acceptors (Lipinski definition) is 4. The Morgan fingerprint density at radius 1 is 1.44 bits per heavy atom. The smallest absolute Gasteiger partial charge is 0.243 e. The van der Waals surface area contributed by atoms with Crippen molar-refractivity contribution in [2.45, 2.75) is 25.3 Å². The normalized spacial score (nSPS) is 20.4. The van der Waals surface area contributed by atoms with E-state index in [9.17, 15) is 4.79 Å². The Bertz CT molecular complexity index is 534. The number of imidazole rings is 1. The molecule has 0 bridgehead atoms. The lowest BCUT2D eigenvalue weighted by atomic mass is 10.1. The van der Waals surface area contributed by atoms with Crippen LogP contribution in [0.1, 0.15) is 25.3 Å². The van der Waals surface area contributed by atoms with Gasteiger partial charge >= 0.3 is 0 Å². The Labute approximate surface area is 109 Å². The van der Waals surface area contributed by atoms with Gasteiger partial charge in [0.2, 0.25) is 5.91 Å². The highest BCUT2D eigenvalue weighted by Crippen LogP contribution is 2.26. The molecule has 2 aromatic rings. The van der Waals surface area contributed by atoms with Gasteiger partial charge in [-0.3, -0.25) is 4.79 Å². The van der Waals surface area contributed by atoms with E-state index >= 15 is 0 Å². The van der Waals surface area contributed by atoms with Gasteiger partial charge < -0.3 is 9.88 Å². The Balaban J connectivity index is 1.96. The highest BCUT2D eigenvalue weighted by atomic mass is 32.1. The van der Waals surface area contributed by atoms with Crippen LogP contribution in [0.15, 0.2) is 24.0 Å². The summed E-state index contributed by atoms with van der Waals surface area (Å²) in [5.41, 5.74) is 0.974. The first-order valence-corrected chi connectivity index (χ1v) is 6.90. The molecule has 0 aliphatic carbocycles. The fourth-order valence-corrected chi connectivity index (χ4v) is 2.81. The lowest BCUT2D eigenvalue weighted by molar-refractivity contribution is -0.124. The van der Waals surface area contributed by atoms with Gasteiger partial charge in [-0.15, -0.1) is 0 Å². The maximum absolute atomic E-state index is 12.1. The van der Waals surface area contributed by atoms with E-state index in [4.69, 9.17) is 0 Å². The second kappa shape index (κ2) is 4.89. The maximum atomic E-state index is 12.1. The largest absolute Gasteiger partial charge is 0.354 e. The van der Waals surface area contributed by atoms with E-state index in [2.05, 4.69) is 14.7 Å². The molecule has 0 aromatic carbocycles. The van der Waals surface area contributed by atoms with Gasteiger partial charge in [0.25, 0.3) is 0 Å². The van der Waals surface area contributed by atoms with Crippen LogP contribution in [0.5, 0.6) is 0 Å². The van der Waals surface area contributed by atoms with Gasteiger partial charge in [-0.1, -0.05) is 0 Å². The first-order chi connectivity index (χ1) is 8.86. The molecule has 1 atom stereocenters. The van der Waals surface area contributed by atoms with Crippen LogP contribution in [-0.2, 0) is 4.79 Å². The summed E-state index contributed by atoms with van der Waals surface area (Å²) < 4.78 is 6.05. The minimum atomic E-state index is -0.148. The molecular formula is C12H14N4OS. The predicted molar refractivity (Wildman–Crippen MR) is 69.2 cm³/mol. The predicted octanol–water partition coefficient (Wildman–Crippen LogP) is 1.85. The molecule has 0 saturated carbocycles. The molecule has 1 fully saturated rings. The third kappa shape index (κ3) is 2.03. The van der Waals surface area contributed by atoms with Crippen LogP contribution < -0.4 is 5.32 Å². The number of nitrogens with one attached hydrogen (secondary N) is 1. The van der Waals surface area contributed by atoms with Crippen molar-refractivity contribution in [3.05, 3.63) is 24.0 Å². The van der Waals surface area contributed by atoms with Gasteiger partial charge in [0.1, 0.15) is 11.9 Å². The van der Waals surface area contributed by atoms with Crippen molar-refractivity contribution in [3.63, 3.8) is 0 Å². The molecule has 1 N–H and O–H groups in total. The molecule has 6 heteroatoms. The van der Waals surface area contributed by atoms with Gasteiger partial charge in [-0.25, -0.2) is 9.36 Å². The van der Waals surface area contributed by atoms with E-state index in [1.807, 2.05) is 16.1 Å². The van der Waals surface area contributed by atoms with E-state index in [0.29, 0.717) is 0 Å². The number of carbonyl (C=O) groups excluding carboxylic acids is 1. The van der Waals surface area contributed by atoms with Crippen molar-refractivity contribution in [3.8, 4) is 11.4 Å². The minimum Gasteiger partial charge on any atom is -0.354 e. The number of hydrogen-bond donors (Lipinski definition) is 1. The monoisotopic (exact) mass is 262 g/mol. The van der Waals surface area contributed by atoms with Crippen molar-refractivity contribution < 1.29 is 4.79 Å². The Morgan fingerprint density at radius 3 is 3.22 bits per heavy atom. The third-order valence-electron chi connectivity index (χ3n) is 3.20. The molecule has 3 heterocycles. The van der Waals surface area contributed by atoms with E-state index in [1.54, 1.807) is 12.4 Å². The number of rotatable bonds is 2. The van der Waals surface area contributed by atoms with Crippen LogP contribution in [0, 0.1) is 0 Å². The number of aromatic nitrogens is 3. The van der Waals surface area contributed by atoms with Gasteiger partial charge in [0, 0.05) is 29.9 Å². The van der Waals surface area contributed by atoms with E-state index < -0.39 is 0 Å². The van der Waals surface area contributed by atoms with Gasteiger partial charge in [0.05, 0.1) is 6.20 Å². The van der Waals surface area contributed by atoms with Crippen molar-refractivity contribution in [2.24, 2.45) is 0 Å². The Hall–Kier alpha value is -1.69. The average Bonchev–Trinajstić information content (AvgIpc) is 3.00. The molecule has 94 valence electrons. The number of amides is 1. The van der Waals surface area contributed by atoms with Crippen molar-refractivity contribution in [1.82, 2.24) is 19.2 Å². The van der Waals surface area contributed by atoms with Crippen LogP contribution in [0.4, 0.5) is 0 Å². The molecule has 5 nitrogen and oxygen atoms in total. The molecule has 0 unspecified atom stereocenters. The summed E-state index contributed by atoms with van der Waals surface area (Å²) in [6, 6.07) is -0.148. The quantitative estimate of drug-likeness (QED) is 0.898. The highest BCUT2D eigenvalue weighted by Gasteiger charge is 2.24. The summed E-state index contributed by atoms with van der Waals surface area (Å²) in [4.78, 5) is 16.4. The van der Waals surface area contributed by atoms with Crippen molar-refractivity contribution in [1.29, 1.82) is 0 Å². The standard InChI is InChI=1S/C12H14N4OS/c17-12-10(3-1-2-4-14-12)16-6-5-13-11(16)9-7-15-18-8-9/h5-8,10H,1-4H2,(H,14,17)/t10-/m1/s1. The average molecular weight is 262 g/mol. The van der Waals surface area contributed by atoms with Crippen molar-refractivity contribution in [2.75, 3.05) is 6.54 Å². The molecular weight excluding hydrogens is 248 g/mol. The summed E-state index contributed by atoms with van der Waals surface area (Å²) in [6.07, 6.45) is 8.38. The zero-order valence-corrected chi connectivity index (χ0v) is 10.7. The molecule has 1 amide bonds. The van der Waals surface area contributed by atoms with Crippen molar-refractivity contribution >= 4 is 17.4 Å². The van der Waals surface area contributed by atoms with E-state index in [0.717, 1.165) is 37.2 Å². The molecule has 18 heavy (non-hydrogen) atoms. The fourth-order valence-electron chi connectivity index (χ4n) is 2.29. The lowest BCUT2D eigenvalue weighted by Crippen LogP contribution is -2.30. The van der Waals surface area contributed by atoms with Crippen LogP contribution in [0.3, 0.4) is 0 Å². The zero-order valence-electron chi connectivity index (χ0n) is 9.87. The summed E-state index contributed by atoms with van der Waals surface area (Å²) in [5, 5.41) is 4.91. The molecule has 0 radical (unpaired) electrons. The van der Waals surface area contributed by atoms with E-state index in [-0.39, 0.29) is 11.9 Å². The summed E-state index contributed by atoms with van der Waals surface area (Å²) in [5.74, 6) is 0.917. The third-order valence-corrected chi connectivity index (χ3v) is 3.79. The SMILES string of the molecule is O=C1NCCCC[C@H]1n1ccnc1-c1cnsc1. The fraction of sp³-hybridized carbons (Fsp3) is 0.417. The van der Waals surface area contributed by atoms with Gasteiger partial charge in [-0.05, 0) is 30.8 Å². The number of nitrogens with zero attached hydrogens (tertiary/aromatic N) is 3. The topological polar surface area (TPSA) is 59.8 Å². The van der Waals surface area contributed by atoms with Crippen LogP contribution in [0.2, 0.25) is 0 Å². The second-order valence-corrected chi connectivity index (χ2v) is 5.03. The molecule has 0 spiro atoms. The van der Waals surface area contributed by atoms with Crippen LogP contribution in [-0.4, -0.2) is 26.4 Å². The van der Waals surface area contributed by atoms with Gasteiger partial charge in [0.15, 0.2) is 0 Å². The maximum Gasteiger partial charge on any atom is 0.243 e. The summed E-state index contributed by atoms with van der Waals surface area (Å²) in [6.45, 7) is 0.777. The van der Waals surface area contributed by atoms with E-state index in [1.165, 1.54) is 11.5 Å². The molecule has 1 saturated heterocycles. The Kier molecular flexibility index (Phi) is 3.10. The lowest BCUT2D eigenvalue weighted by Gasteiger charge is -2.17.